The van der Waals surface area contributed by atoms with Crippen molar-refractivity contribution < 1.29 is 9.59 Å². The molecule has 174 valence electrons. The first-order chi connectivity index (χ1) is 14.5. The number of fused-ring (bicyclic) bond motifs is 2. The molecular formula is C24H39ClN4O2. The third-order valence-corrected chi connectivity index (χ3v) is 6.83. The van der Waals surface area contributed by atoms with Gasteiger partial charge in [-0.3, -0.25) is 9.59 Å². The lowest BCUT2D eigenvalue weighted by atomic mass is 9.62. The highest BCUT2D eigenvalue weighted by Gasteiger charge is 2.39. The molecule has 2 aliphatic carbocycles. The van der Waals surface area contributed by atoms with Crippen molar-refractivity contribution in [3.05, 3.63) is 28.8 Å². The van der Waals surface area contributed by atoms with Crippen LogP contribution in [0.15, 0.2) is 18.2 Å². The van der Waals surface area contributed by atoms with Gasteiger partial charge in [-0.1, -0.05) is 44.7 Å². The van der Waals surface area contributed by atoms with E-state index in [4.69, 9.17) is 11.6 Å². The molecule has 3 rings (SSSR count). The van der Waals surface area contributed by atoms with E-state index in [1.54, 1.807) is 6.07 Å². The molecule has 7 heteroatoms. The molecule has 6 nitrogen and oxygen atoms in total. The molecule has 0 aliphatic heterocycles. The van der Waals surface area contributed by atoms with Crippen LogP contribution in [-0.2, 0) is 4.79 Å². The molecule has 0 aromatic heterocycles. The number of halogens is 1. The maximum Gasteiger partial charge on any atom is 0.252 e. The molecule has 0 spiro atoms. The topological polar surface area (TPSA) is 82.3 Å². The fourth-order valence-electron chi connectivity index (χ4n) is 4.99. The zero-order chi connectivity index (χ0) is 21.4. The summed E-state index contributed by atoms with van der Waals surface area (Å²) >= 11 is 6.32. The summed E-state index contributed by atoms with van der Waals surface area (Å²) in [6.45, 7) is 5.08. The van der Waals surface area contributed by atoms with E-state index in [0.717, 1.165) is 31.2 Å². The second-order valence-corrected chi connectivity index (χ2v) is 9.30. The molecule has 0 saturated heterocycles. The van der Waals surface area contributed by atoms with Crippen molar-refractivity contribution in [1.29, 1.82) is 0 Å². The van der Waals surface area contributed by atoms with Gasteiger partial charge < -0.3 is 21.3 Å². The number of amides is 2. The van der Waals surface area contributed by atoms with Crippen molar-refractivity contribution in [2.24, 2.45) is 11.3 Å². The lowest BCUT2D eigenvalue weighted by molar-refractivity contribution is -0.118. The van der Waals surface area contributed by atoms with E-state index in [9.17, 15) is 9.59 Å². The van der Waals surface area contributed by atoms with Crippen molar-refractivity contribution in [1.82, 2.24) is 16.0 Å². The van der Waals surface area contributed by atoms with Crippen LogP contribution in [0.4, 0.5) is 5.69 Å². The Hall–Kier alpha value is -1.79. The maximum absolute atomic E-state index is 12.9. The Labute approximate surface area is 192 Å². The van der Waals surface area contributed by atoms with E-state index < -0.39 is 0 Å². The second kappa shape index (κ2) is 12.3. The minimum Gasteiger partial charge on any atom is -0.384 e. The maximum atomic E-state index is 12.9. The van der Waals surface area contributed by atoms with Gasteiger partial charge in [0.15, 0.2) is 0 Å². The number of hydrogen-bond donors (Lipinski definition) is 4. The molecular weight excluding hydrogens is 412 g/mol. The largest absolute Gasteiger partial charge is 0.384 e. The van der Waals surface area contributed by atoms with E-state index in [1.807, 2.05) is 12.1 Å². The average Bonchev–Trinajstić information content (AvgIpc) is 2.72. The number of rotatable bonds is 10. The molecule has 2 bridgehead atoms. The molecule has 1 aromatic carbocycles. The third kappa shape index (κ3) is 7.69. The molecule has 0 unspecified atom stereocenters. The third-order valence-electron chi connectivity index (χ3n) is 6.50. The fourth-order valence-corrected chi connectivity index (χ4v) is 5.19. The molecule has 1 aromatic rings. The van der Waals surface area contributed by atoms with E-state index in [2.05, 4.69) is 21.3 Å². The summed E-state index contributed by atoms with van der Waals surface area (Å²) in [4.78, 5) is 23.7. The van der Waals surface area contributed by atoms with Crippen LogP contribution in [0.2, 0.25) is 5.02 Å². The van der Waals surface area contributed by atoms with Gasteiger partial charge in [0.05, 0.1) is 10.6 Å². The summed E-state index contributed by atoms with van der Waals surface area (Å²) in [6, 6.07) is 5.50. The second-order valence-electron chi connectivity index (χ2n) is 8.89. The standard InChI is InChI=1S/C23H35ClN4O2.CH4/c1-17(29)26-12-10-25-11-13-27-19-6-7-21(24)20(14-19)22(30)28-16-23-8-2-4-18(15-23)5-3-9-23;/h6-7,14,18,25,27H,2-5,8-13,15-16H2,1H3,(H,26,29)(H,28,30);1H4. The fraction of sp³-hybridized carbons (Fsp3) is 0.667. The Kier molecular flexibility index (Phi) is 10.1. The van der Waals surface area contributed by atoms with Gasteiger partial charge in [-0.25, -0.2) is 0 Å². The Morgan fingerprint density at radius 2 is 1.77 bits per heavy atom. The van der Waals surface area contributed by atoms with Crippen LogP contribution < -0.4 is 21.3 Å². The molecule has 4 N–H and O–H groups in total. The van der Waals surface area contributed by atoms with Crippen LogP contribution >= 0.6 is 11.6 Å². The van der Waals surface area contributed by atoms with Crippen LogP contribution in [0.5, 0.6) is 0 Å². The molecule has 2 saturated carbocycles. The molecule has 2 amide bonds. The van der Waals surface area contributed by atoms with Crippen molar-refractivity contribution in [3.63, 3.8) is 0 Å². The van der Waals surface area contributed by atoms with Crippen LogP contribution in [0.25, 0.3) is 0 Å². The van der Waals surface area contributed by atoms with E-state index in [-0.39, 0.29) is 19.2 Å². The van der Waals surface area contributed by atoms with Crippen molar-refractivity contribution >= 4 is 29.1 Å². The smallest absolute Gasteiger partial charge is 0.252 e. The first-order valence-electron chi connectivity index (χ1n) is 11.2. The van der Waals surface area contributed by atoms with Gasteiger partial charge >= 0.3 is 0 Å². The molecule has 2 aliphatic rings. The highest BCUT2D eigenvalue weighted by molar-refractivity contribution is 6.34. The van der Waals surface area contributed by atoms with Crippen LogP contribution in [-0.4, -0.2) is 44.5 Å². The summed E-state index contributed by atoms with van der Waals surface area (Å²) in [6.07, 6.45) is 9.02. The van der Waals surface area contributed by atoms with Crippen LogP contribution in [0.1, 0.15) is 69.7 Å². The van der Waals surface area contributed by atoms with Crippen LogP contribution in [0.3, 0.4) is 0 Å². The van der Waals surface area contributed by atoms with Gasteiger partial charge in [0, 0.05) is 45.3 Å². The zero-order valence-corrected chi connectivity index (χ0v) is 18.7. The molecule has 0 radical (unpaired) electrons. The van der Waals surface area contributed by atoms with Crippen molar-refractivity contribution in [2.45, 2.75) is 59.3 Å². The van der Waals surface area contributed by atoms with Crippen LogP contribution in [0, 0.1) is 11.3 Å². The molecule has 2 fully saturated rings. The van der Waals surface area contributed by atoms with Gasteiger partial charge in [-0.2, -0.15) is 0 Å². The van der Waals surface area contributed by atoms with Gasteiger partial charge in [-0.05, 0) is 48.8 Å². The van der Waals surface area contributed by atoms with Crippen molar-refractivity contribution in [3.8, 4) is 0 Å². The van der Waals surface area contributed by atoms with Gasteiger partial charge in [-0.15, -0.1) is 0 Å². The lowest BCUT2D eigenvalue weighted by Gasteiger charge is -2.45. The number of carbonyl (C=O) groups excluding carboxylic acids is 2. The predicted octanol–water partition coefficient (Wildman–Crippen LogP) is 4.20. The quantitative estimate of drug-likeness (QED) is 0.402. The number of benzene rings is 1. The number of hydrogen-bond acceptors (Lipinski definition) is 4. The highest BCUT2D eigenvalue weighted by Crippen LogP contribution is 2.48. The minimum absolute atomic E-state index is 0. The summed E-state index contributed by atoms with van der Waals surface area (Å²) in [5.74, 6) is 0.750. The molecule has 31 heavy (non-hydrogen) atoms. The molecule has 0 atom stereocenters. The minimum atomic E-state index is -0.0841. The Morgan fingerprint density at radius 3 is 2.48 bits per heavy atom. The van der Waals surface area contributed by atoms with Gasteiger partial charge in [0.25, 0.3) is 5.91 Å². The predicted molar refractivity (Wildman–Crippen MR) is 129 cm³/mol. The highest BCUT2D eigenvalue weighted by atomic mass is 35.5. The van der Waals surface area contributed by atoms with E-state index in [1.165, 1.54) is 51.9 Å². The number of carbonyl (C=O) groups is 2. The number of anilines is 1. The van der Waals surface area contributed by atoms with Crippen molar-refractivity contribution in [2.75, 3.05) is 38.0 Å². The normalized spacial score (nSPS) is 22.2. The Morgan fingerprint density at radius 1 is 1.06 bits per heavy atom. The number of nitrogens with one attached hydrogen (secondary N) is 4. The SMILES string of the molecule is C.CC(=O)NCCNCCNc1ccc(Cl)c(C(=O)NCC23CCCC(CCC2)C3)c1. The summed E-state index contributed by atoms with van der Waals surface area (Å²) in [5.41, 5.74) is 1.70. The summed E-state index contributed by atoms with van der Waals surface area (Å²) in [7, 11) is 0. The first-order valence-corrected chi connectivity index (χ1v) is 11.6. The monoisotopic (exact) mass is 450 g/mol. The Balaban J connectivity index is 0.00000341. The van der Waals surface area contributed by atoms with Gasteiger partial charge in [0.1, 0.15) is 0 Å². The van der Waals surface area contributed by atoms with Gasteiger partial charge in [0.2, 0.25) is 5.91 Å². The lowest BCUT2D eigenvalue weighted by Crippen LogP contribution is -2.43. The molecule has 0 heterocycles. The zero-order valence-electron chi connectivity index (χ0n) is 18.0. The summed E-state index contributed by atoms with van der Waals surface area (Å²) in [5, 5.41) is 13.0. The summed E-state index contributed by atoms with van der Waals surface area (Å²) < 4.78 is 0. The average molecular weight is 451 g/mol. The first kappa shape index (κ1) is 25.5. The van der Waals surface area contributed by atoms with E-state index in [0.29, 0.717) is 29.1 Å². The van der Waals surface area contributed by atoms with E-state index >= 15 is 0 Å². The Bertz CT molecular complexity index is 730.